The van der Waals surface area contributed by atoms with E-state index in [1.54, 1.807) is 12.1 Å². The smallest absolute Gasteiger partial charge is 0.305 e. The molecule has 1 aromatic heterocycles. The van der Waals surface area contributed by atoms with Gasteiger partial charge in [0.15, 0.2) is 0 Å². The van der Waals surface area contributed by atoms with Crippen LogP contribution < -0.4 is 11.0 Å². The average molecular weight is 290 g/mol. The molecule has 2 N–H and O–H groups in total. The van der Waals surface area contributed by atoms with Gasteiger partial charge in [-0.15, -0.1) is 0 Å². The zero-order valence-electron chi connectivity index (χ0n) is 10.9. The first-order chi connectivity index (χ1) is 9.59. The Morgan fingerprint density at radius 3 is 2.65 bits per heavy atom. The van der Waals surface area contributed by atoms with Crippen molar-refractivity contribution in [2.75, 3.05) is 0 Å². The van der Waals surface area contributed by atoms with Crippen LogP contribution in [0.2, 0.25) is 0 Å². The highest BCUT2D eigenvalue weighted by Crippen LogP contribution is 2.33. The van der Waals surface area contributed by atoms with E-state index < -0.39 is 21.8 Å². The summed E-state index contributed by atoms with van der Waals surface area (Å²) in [4.78, 5) is 24.1. The summed E-state index contributed by atoms with van der Waals surface area (Å²) in [6, 6.07) is 5.38. The van der Waals surface area contributed by atoms with Crippen LogP contribution in [0.3, 0.4) is 0 Å². The maximum Gasteiger partial charge on any atom is 0.310 e. The molecule has 20 heavy (non-hydrogen) atoms. The van der Waals surface area contributed by atoms with Crippen molar-refractivity contribution >= 4 is 10.8 Å². The van der Waals surface area contributed by atoms with Crippen LogP contribution in [-0.2, 0) is 10.8 Å². The predicted molar refractivity (Wildman–Crippen MR) is 77.3 cm³/mol. The minimum Gasteiger partial charge on any atom is -0.305 e. The first-order valence-corrected chi connectivity index (χ1v) is 7.62. The Morgan fingerprint density at radius 1 is 1.20 bits per heavy atom. The fourth-order valence-electron chi connectivity index (χ4n) is 2.20. The van der Waals surface area contributed by atoms with Crippen LogP contribution >= 0.6 is 0 Å². The SMILES string of the molecule is Cc1c(-c2c[nH][nH]c(=O)c2=O)cccc1[S@](=O)C1CC1. The molecule has 1 heterocycles. The van der Waals surface area contributed by atoms with Crippen LogP contribution in [0.1, 0.15) is 18.4 Å². The van der Waals surface area contributed by atoms with Gasteiger partial charge in [-0.25, -0.2) is 0 Å². The second-order valence-electron chi connectivity index (χ2n) is 4.91. The molecule has 1 atom stereocenters. The van der Waals surface area contributed by atoms with Crippen molar-refractivity contribution in [1.29, 1.82) is 0 Å². The molecule has 3 rings (SSSR count). The molecule has 0 spiro atoms. The Morgan fingerprint density at radius 2 is 1.95 bits per heavy atom. The van der Waals surface area contributed by atoms with Crippen molar-refractivity contribution < 1.29 is 4.21 Å². The maximum absolute atomic E-state index is 12.3. The molecule has 0 aliphatic heterocycles. The molecule has 1 fully saturated rings. The molecule has 6 heteroatoms. The minimum absolute atomic E-state index is 0.237. The lowest BCUT2D eigenvalue weighted by Gasteiger charge is -2.10. The summed E-state index contributed by atoms with van der Waals surface area (Å²) in [6.07, 6.45) is 3.44. The van der Waals surface area contributed by atoms with E-state index in [9.17, 15) is 13.8 Å². The molecule has 1 saturated carbocycles. The number of nitrogens with one attached hydrogen (secondary N) is 2. The molecule has 0 unspecified atom stereocenters. The standard InChI is InChI=1S/C14H14N2O3S/c1-8-10(11-7-15-16-14(18)13(11)17)3-2-4-12(8)20(19)9-5-6-9/h2-4,7,9H,5-6H2,1H3,(H,15,17)(H,16,18)/t20-/m1/s1. The quantitative estimate of drug-likeness (QED) is 0.836. The molecule has 104 valence electrons. The van der Waals surface area contributed by atoms with Crippen LogP contribution in [-0.4, -0.2) is 19.7 Å². The van der Waals surface area contributed by atoms with Gasteiger partial charge in [0.05, 0.1) is 16.4 Å². The number of aromatic amines is 2. The molecular formula is C14H14N2O3S. The molecule has 1 aliphatic carbocycles. The topological polar surface area (TPSA) is 82.8 Å². The van der Waals surface area contributed by atoms with E-state index in [1.807, 2.05) is 13.0 Å². The zero-order valence-corrected chi connectivity index (χ0v) is 11.8. The summed E-state index contributed by atoms with van der Waals surface area (Å²) in [5.74, 6) is 0. The molecular weight excluding hydrogens is 276 g/mol. The lowest BCUT2D eigenvalue weighted by Crippen LogP contribution is -2.28. The summed E-state index contributed by atoms with van der Waals surface area (Å²) >= 11 is 0. The van der Waals surface area contributed by atoms with E-state index in [0.29, 0.717) is 11.1 Å². The maximum atomic E-state index is 12.3. The first kappa shape index (κ1) is 13.1. The Hall–Kier alpha value is -1.95. The van der Waals surface area contributed by atoms with Gasteiger partial charge in [0.1, 0.15) is 0 Å². The molecule has 2 aromatic rings. The average Bonchev–Trinajstić information content (AvgIpc) is 3.26. The molecule has 1 aliphatic rings. The van der Waals surface area contributed by atoms with Crippen molar-refractivity contribution in [3.05, 3.63) is 50.5 Å². The van der Waals surface area contributed by atoms with Gasteiger partial charge in [-0.3, -0.25) is 18.9 Å². The van der Waals surface area contributed by atoms with E-state index in [1.165, 1.54) is 6.20 Å². The Labute approximate surface area is 117 Å². The van der Waals surface area contributed by atoms with Gasteiger partial charge >= 0.3 is 5.56 Å². The third kappa shape index (κ3) is 2.16. The minimum atomic E-state index is -1.03. The lowest BCUT2D eigenvalue weighted by molar-refractivity contribution is 0.682. The highest BCUT2D eigenvalue weighted by molar-refractivity contribution is 7.86. The zero-order chi connectivity index (χ0) is 14.3. The van der Waals surface area contributed by atoms with Crippen LogP contribution in [0, 0.1) is 6.92 Å². The van der Waals surface area contributed by atoms with E-state index in [-0.39, 0.29) is 5.25 Å². The highest BCUT2D eigenvalue weighted by Gasteiger charge is 2.30. The normalized spacial score (nSPS) is 16.1. The second-order valence-corrected chi connectivity index (χ2v) is 6.61. The fraction of sp³-hybridized carbons (Fsp3) is 0.286. The first-order valence-electron chi connectivity index (χ1n) is 6.40. The van der Waals surface area contributed by atoms with Crippen molar-refractivity contribution in [2.24, 2.45) is 0 Å². The summed E-state index contributed by atoms with van der Waals surface area (Å²) in [5.41, 5.74) is 0.496. The van der Waals surface area contributed by atoms with Crippen LogP contribution in [0.25, 0.3) is 11.1 Å². The van der Waals surface area contributed by atoms with E-state index in [0.717, 1.165) is 23.3 Å². The third-order valence-corrected chi connectivity index (χ3v) is 5.42. The van der Waals surface area contributed by atoms with Crippen molar-refractivity contribution in [1.82, 2.24) is 10.2 Å². The Kier molecular flexibility index (Phi) is 3.17. The van der Waals surface area contributed by atoms with Crippen molar-refractivity contribution in [3.8, 4) is 11.1 Å². The number of hydrogen-bond donors (Lipinski definition) is 2. The number of hydrogen-bond acceptors (Lipinski definition) is 3. The van der Waals surface area contributed by atoms with Gasteiger partial charge < -0.3 is 5.10 Å². The van der Waals surface area contributed by atoms with E-state index >= 15 is 0 Å². The number of benzene rings is 1. The summed E-state index contributed by atoms with van der Waals surface area (Å²) in [7, 11) is -1.03. The van der Waals surface area contributed by atoms with Gasteiger partial charge in [-0.05, 0) is 37.0 Å². The molecule has 5 nitrogen and oxygen atoms in total. The molecule has 1 aromatic carbocycles. The van der Waals surface area contributed by atoms with Gasteiger partial charge in [0.2, 0.25) is 0 Å². The Balaban J connectivity index is 2.17. The third-order valence-electron chi connectivity index (χ3n) is 3.47. The largest absolute Gasteiger partial charge is 0.310 e. The monoisotopic (exact) mass is 290 g/mol. The number of rotatable bonds is 3. The van der Waals surface area contributed by atoms with Crippen LogP contribution in [0.5, 0.6) is 0 Å². The van der Waals surface area contributed by atoms with Crippen molar-refractivity contribution in [3.63, 3.8) is 0 Å². The number of aromatic nitrogens is 2. The van der Waals surface area contributed by atoms with Gasteiger partial charge in [0, 0.05) is 16.3 Å². The molecule has 0 amide bonds. The van der Waals surface area contributed by atoms with E-state index in [4.69, 9.17) is 0 Å². The fourth-order valence-corrected chi connectivity index (χ4v) is 3.75. The van der Waals surface area contributed by atoms with Crippen molar-refractivity contribution in [2.45, 2.75) is 29.9 Å². The summed E-state index contributed by atoms with van der Waals surface area (Å²) in [5, 5.41) is 5.05. The van der Waals surface area contributed by atoms with Gasteiger partial charge in [-0.2, -0.15) is 0 Å². The predicted octanol–water partition coefficient (Wildman–Crippen LogP) is 1.31. The molecule has 0 radical (unpaired) electrons. The van der Waals surface area contributed by atoms with Gasteiger partial charge in [-0.1, -0.05) is 12.1 Å². The van der Waals surface area contributed by atoms with Crippen LogP contribution in [0.15, 0.2) is 38.9 Å². The highest BCUT2D eigenvalue weighted by atomic mass is 32.2. The lowest BCUT2D eigenvalue weighted by atomic mass is 10.0. The number of H-pyrrole nitrogens is 2. The molecule has 0 bridgehead atoms. The van der Waals surface area contributed by atoms with Gasteiger partial charge in [0.25, 0.3) is 5.43 Å². The van der Waals surface area contributed by atoms with E-state index in [2.05, 4.69) is 10.2 Å². The molecule has 0 saturated heterocycles. The Bertz CT molecular complexity index is 803. The van der Waals surface area contributed by atoms with Crippen LogP contribution in [0.4, 0.5) is 0 Å². The second kappa shape index (κ2) is 4.86. The summed E-state index contributed by atoms with van der Waals surface area (Å²) < 4.78 is 12.3. The summed E-state index contributed by atoms with van der Waals surface area (Å²) in [6.45, 7) is 1.84.